The fourth-order valence-corrected chi connectivity index (χ4v) is 1.82. The van der Waals surface area contributed by atoms with E-state index in [1.165, 1.54) is 24.3 Å². The van der Waals surface area contributed by atoms with Gasteiger partial charge in [-0.1, -0.05) is 13.8 Å². The highest BCUT2D eigenvalue weighted by atomic mass is 19.1. The topological polar surface area (TPSA) is 58.6 Å². The lowest BCUT2D eigenvalue weighted by atomic mass is 9.93. The van der Waals surface area contributed by atoms with Crippen molar-refractivity contribution in [2.24, 2.45) is 0 Å². The Morgan fingerprint density at radius 2 is 1.90 bits per heavy atom. The SMILES string of the molecule is CCC(CC)(CO)NC(=O)C(C)Oc1ccc(F)cc1. The zero-order valence-corrected chi connectivity index (χ0v) is 12.1. The summed E-state index contributed by atoms with van der Waals surface area (Å²) in [6.45, 7) is 5.32. The Hall–Kier alpha value is -1.62. The molecule has 1 atom stereocenters. The molecule has 0 bridgehead atoms. The van der Waals surface area contributed by atoms with E-state index in [1.54, 1.807) is 6.92 Å². The molecule has 1 rings (SSSR count). The zero-order valence-electron chi connectivity index (χ0n) is 12.1. The van der Waals surface area contributed by atoms with Gasteiger partial charge in [0.15, 0.2) is 6.10 Å². The lowest BCUT2D eigenvalue weighted by Gasteiger charge is -2.32. The third-order valence-electron chi connectivity index (χ3n) is 3.54. The highest BCUT2D eigenvalue weighted by Crippen LogP contribution is 2.16. The van der Waals surface area contributed by atoms with Crippen LogP contribution in [0.25, 0.3) is 0 Å². The second kappa shape index (κ2) is 7.24. The first kappa shape index (κ1) is 16.4. The van der Waals surface area contributed by atoms with Gasteiger partial charge in [-0.15, -0.1) is 0 Å². The van der Waals surface area contributed by atoms with Gasteiger partial charge in [0.2, 0.25) is 0 Å². The first-order valence-corrected chi connectivity index (χ1v) is 6.81. The summed E-state index contributed by atoms with van der Waals surface area (Å²) in [4.78, 5) is 12.1. The van der Waals surface area contributed by atoms with Crippen LogP contribution in [0.1, 0.15) is 33.6 Å². The van der Waals surface area contributed by atoms with Gasteiger partial charge in [0.25, 0.3) is 5.91 Å². The number of hydrogen-bond donors (Lipinski definition) is 2. The molecular weight excluding hydrogens is 261 g/mol. The lowest BCUT2D eigenvalue weighted by molar-refractivity contribution is -0.130. The second-order valence-corrected chi connectivity index (χ2v) is 4.85. The van der Waals surface area contributed by atoms with E-state index in [-0.39, 0.29) is 18.3 Å². The van der Waals surface area contributed by atoms with Crippen molar-refractivity contribution in [1.29, 1.82) is 0 Å². The van der Waals surface area contributed by atoms with Gasteiger partial charge in [0.05, 0.1) is 12.1 Å². The van der Waals surface area contributed by atoms with Gasteiger partial charge < -0.3 is 15.2 Å². The quantitative estimate of drug-likeness (QED) is 0.807. The van der Waals surface area contributed by atoms with Crippen molar-refractivity contribution in [3.05, 3.63) is 30.1 Å². The van der Waals surface area contributed by atoms with Crippen LogP contribution in [0.15, 0.2) is 24.3 Å². The molecule has 0 spiro atoms. The molecule has 1 amide bonds. The maximum Gasteiger partial charge on any atom is 0.261 e. The monoisotopic (exact) mass is 283 g/mol. The molecule has 2 N–H and O–H groups in total. The van der Waals surface area contributed by atoms with E-state index in [2.05, 4.69) is 5.32 Å². The van der Waals surface area contributed by atoms with Crippen LogP contribution in [0, 0.1) is 5.82 Å². The van der Waals surface area contributed by atoms with Gasteiger partial charge in [-0.25, -0.2) is 4.39 Å². The van der Waals surface area contributed by atoms with Crippen LogP contribution in [0.2, 0.25) is 0 Å². The number of carbonyl (C=O) groups excluding carboxylic acids is 1. The molecule has 20 heavy (non-hydrogen) atoms. The van der Waals surface area contributed by atoms with Gasteiger partial charge in [0, 0.05) is 0 Å². The van der Waals surface area contributed by atoms with E-state index >= 15 is 0 Å². The Morgan fingerprint density at radius 3 is 2.35 bits per heavy atom. The fraction of sp³-hybridized carbons (Fsp3) is 0.533. The molecule has 1 unspecified atom stereocenters. The summed E-state index contributed by atoms with van der Waals surface area (Å²) in [5.41, 5.74) is -0.614. The van der Waals surface area contributed by atoms with Crippen LogP contribution in [-0.4, -0.2) is 29.3 Å². The number of nitrogens with one attached hydrogen (secondary N) is 1. The molecule has 0 aliphatic carbocycles. The predicted molar refractivity (Wildman–Crippen MR) is 75.0 cm³/mol. The van der Waals surface area contributed by atoms with Gasteiger partial charge in [-0.3, -0.25) is 4.79 Å². The van der Waals surface area contributed by atoms with Crippen molar-refractivity contribution in [3.63, 3.8) is 0 Å². The van der Waals surface area contributed by atoms with E-state index in [4.69, 9.17) is 4.74 Å². The Labute approximate surface area is 119 Å². The number of halogens is 1. The fourth-order valence-electron chi connectivity index (χ4n) is 1.82. The van der Waals surface area contributed by atoms with Crippen LogP contribution in [-0.2, 0) is 4.79 Å². The predicted octanol–water partition coefficient (Wildman–Crippen LogP) is 2.26. The average Bonchev–Trinajstić information content (AvgIpc) is 2.47. The highest BCUT2D eigenvalue weighted by Gasteiger charge is 2.29. The molecule has 4 nitrogen and oxygen atoms in total. The summed E-state index contributed by atoms with van der Waals surface area (Å²) in [5.74, 6) is -0.227. The van der Waals surface area contributed by atoms with Crippen molar-refractivity contribution in [2.45, 2.75) is 45.3 Å². The molecule has 1 aromatic carbocycles. The van der Waals surface area contributed by atoms with Gasteiger partial charge in [-0.2, -0.15) is 0 Å². The molecule has 0 radical (unpaired) electrons. The Morgan fingerprint density at radius 1 is 1.35 bits per heavy atom. The van der Waals surface area contributed by atoms with E-state index in [9.17, 15) is 14.3 Å². The van der Waals surface area contributed by atoms with Crippen LogP contribution in [0.5, 0.6) is 5.75 Å². The van der Waals surface area contributed by atoms with Crippen LogP contribution >= 0.6 is 0 Å². The summed E-state index contributed by atoms with van der Waals surface area (Å²) in [6, 6.07) is 5.49. The van der Waals surface area contributed by atoms with Crippen molar-refractivity contribution < 1.29 is 19.0 Å². The number of aliphatic hydroxyl groups is 1. The first-order chi connectivity index (χ1) is 9.46. The van der Waals surface area contributed by atoms with Gasteiger partial charge in [0.1, 0.15) is 11.6 Å². The van der Waals surface area contributed by atoms with Crippen LogP contribution in [0.4, 0.5) is 4.39 Å². The normalized spacial score (nSPS) is 12.8. The minimum Gasteiger partial charge on any atom is -0.481 e. The second-order valence-electron chi connectivity index (χ2n) is 4.85. The zero-order chi connectivity index (χ0) is 15.2. The Balaban J connectivity index is 2.65. The van der Waals surface area contributed by atoms with Gasteiger partial charge in [-0.05, 0) is 44.0 Å². The average molecular weight is 283 g/mol. The minimum absolute atomic E-state index is 0.116. The van der Waals surface area contributed by atoms with Gasteiger partial charge >= 0.3 is 0 Å². The Kier molecular flexibility index (Phi) is 5.95. The maximum atomic E-state index is 12.8. The number of rotatable bonds is 7. The third-order valence-corrected chi connectivity index (χ3v) is 3.54. The number of ether oxygens (including phenoxy) is 1. The molecular formula is C15H22FNO3. The number of carbonyl (C=O) groups is 1. The number of benzene rings is 1. The molecule has 112 valence electrons. The molecule has 0 aliphatic rings. The number of hydrogen-bond acceptors (Lipinski definition) is 3. The maximum absolute atomic E-state index is 12.8. The molecule has 0 aliphatic heterocycles. The largest absolute Gasteiger partial charge is 0.481 e. The highest BCUT2D eigenvalue weighted by molar-refractivity contribution is 5.81. The molecule has 0 aromatic heterocycles. The van der Waals surface area contributed by atoms with E-state index in [0.29, 0.717) is 18.6 Å². The Bertz CT molecular complexity index is 421. The van der Waals surface area contributed by atoms with Crippen molar-refractivity contribution in [2.75, 3.05) is 6.61 Å². The van der Waals surface area contributed by atoms with Crippen molar-refractivity contribution in [1.82, 2.24) is 5.32 Å². The van der Waals surface area contributed by atoms with E-state index in [1.807, 2.05) is 13.8 Å². The standard InChI is InChI=1S/C15H22FNO3/c1-4-15(5-2,10-18)17-14(19)11(3)20-13-8-6-12(16)7-9-13/h6-9,11,18H,4-5,10H2,1-3H3,(H,17,19). The molecule has 5 heteroatoms. The first-order valence-electron chi connectivity index (χ1n) is 6.81. The molecule has 0 saturated heterocycles. The van der Waals surface area contributed by atoms with E-state index < -0.39 is 11.6 Å². The lowest BCUT2D eigenvalue weighted by Crippen LogP contribution is -2.53. The molecule has 1 aromatic rings. The molecule has 0 fully saturated rings. The van der Waals surface area contributed by atoms with Crippen LogP contribution < -0.4 is 10.1 Å². The van der Waals surface area contributed by atoms with Crippen LogP contribution in [0.3, 0.4) is 0 Å². The summed E-state index contributed by atoms with van der Waals surface area (Å²) >= 11 is 0. The molecule has 0 heterocycles. The molecule has 0 saturated carbocycles. The summed E-state index contributed by atoms with van der Waals surface area (Å²) < 4.78 is 18.2. The minimum atomic E-state index is -0.718. The third kappa shape index (κ3) is 4.20. The van der Waals surface area contributed by atoms with Crippen molar-refractivity contribution >= 4 is 5.91 Å². The van der Waals surface area contributed by atoms with E-state index in [0.717, 1.165) is 0 Å². The summed E-state index contributed by atoms with van der Waals surface area (Å²) in [7, 11) is 0. The number of aliphatic hydroxyl groups excluding tert-OH is 1. The smallest absolute Gasteiger partial charge is 0.261 e. The van der Waals surface area contributed by atoms with Crippen molar-refractivity contribution in [3.8, 4) is 5.75 Å². The summed E-state index contributed by atoms with van der Waals surface area (Å²) in [6.07, 6.45) is 0.550. The number of amides is 1. The summed E-state index contributed by atoms with van der Waals surface area (Å²) in [5, 5.41) is 12.3.